The fourth-order valence-electron chi connectivity index (χ4n) is 1.35. The number of aryl methyl sites for hydroxylation is 1. The Kier molecular flexibility index (Phi) is 5.21. The zero-order valence-electron chi connectivity index (χ0n) is 9.71. The van der Waals surface area contributed by atoms with Crippen LogP contribution < -0.4 is 5.32 Å². The molecule has 0 amide bonds. The summed E-state index contributed by atoms with van der Waals surface area (Å²) in [5, 5.41) is 3.25. The standard InChI is InChI=1S/C11H19N3O/c1-4-12-8-10-7-9(2)13-11(14-10)5-6-15-3/h7,12H,4-6,8H2,1-3H3. The van der Waals surface area contributed by atoms with Crippen LogP contribution in [0.2, 0.25) is 0 Å². The normalized spacial score (nSPS) is 10.6. The topological polar surface area (TPSA) is 47.0 Å². The Morgan fingerprint density at radius 3 is 2.87 bits per heavy atom. The van der Waals surface area contributed by atoms with Gasteiger partial charge in [-0.25, -0.2) is 9.97 Å². The third-order valence-electron chi connectivity index (χ3n) is 2.04. The second kappa shape index (κ2) is 6.48. The van der Waals surface area contributed by atoms with Crippen molar-refractivity contribution in [3.63, 3.8) is 0 Å². The van der Waals surface area contributed by atoms with Gasteiger partial charge in [0, 0.05) is 25.8 Å². The van der Waals surface area contributed by atoms with E-state index in [1.807, 2.05) is 13.0 Å². The molecule has 1 aromatic heterocycles. The summed E-state index contributed by atoms with van der Waals surface area (Å²) in [5.41, 5.74) is 2.07. The van der Waals surface area contributed by atoms with Crippen molar-refractivity contribution in [2.45, 2.75) is 26.8 Å². The molecule has 0 aliphatic rings. The Hall–Kier alpha value is -1.00. The van der Waals surface area contributed by atoms with Crippen molar-refractivity contribution in [3.05, 3.63) is 23.3 Å². The second-order valence-corrected chi connectivity index (χ2v) is 3.44. The van der Waals surface area contributed by atoms with E-state index in [9.17, 15) is 0 Å². The summed E-state index contributed by atoms with van der Waals surface area (Å²) in [6.45, 7) is 6.51. The Morgan fingerprint density at radius 1 is 1.40 bits per heavy atom. The van der Waals surface area contributed by atoms with Crippen molar-refractivity contribution in [3.8, 4) is 0 Å². The molecule has 0 saturated heterocycles. The van der Waals surface area contributed by atoms with E-state index in [1.54, 1.807) is 7.11 Å². The molecule has 15 heavy (non-hydrogen) atoms. The first-order valence-corrected chi connectivity index (χ1v) is 5.29. The number of nitrogens with zero attached hydrogens (tertiary/aromatic N) is 2. The second-order valence-electron chi connectivity index (χ2n) is 3.44. The van der Waals surface area contributed by atoms with Gasteiger partial charge in [-0.2, -0.15) is 0 Å². The minimum absolute atomic E-state index is 0.671. The first-order chi connectivity index (χ1) is 7.26. The van der Waals surface area contributed by atoms with Gasteiger partial charge in [0.05, 0.1) is 12.3 Å². The molecular weight excluding hydrogens is 190 g/mol. The SMILES string of the molecule is CCNCc1cc(C)nc(CCOC)n1. The zero-order chi connectivity index (χ0) is 11.1. The van der Waals surface area contributed by atoms with E-state index < -0.39 is 0 Å². The summed E-state index contributed by atoms with van der Waals surface area (Å²) in [4.78, 5) is 8.82. The van der Waals surface area contributed by atoms with E-state index in [0.717, 1.165) is 36.7 Å². The number of hydrogen-bond donors (Lipinski definition) is 1. The number of ether oxygens (including phenoxy) is 1. The molecule has 0 bridgehead atoms. The summed E-state index contributed by atoms with van der Waals surface area (Å²) >= 11 is 0. The van der Waals surface area contributed by atoms with Crippen molar-refractivity contribution in [1.82, 2.24) is 15.3 Å². The third-order valence-corrected chi connectivity index (χ3v) is 2.04. The molecule has 1 aromatic rings. The van der Waals surface area contributed by atoms with Crippen molar-refractivity contribution in [2.75, 3.05) is 20.3 Å². The van der Waals surface area contributed by atoms with Crippen LogP contribution >= 0.6 is 0 Å². The van der Waals surface area contributed by atoms with E-state index in [-0.39, 0.29) is 0 Å². The van der Waals surface area contributed by atoms with Crippen molar-refractivity contribution >= 4 is 0 Å². The average molecular weight is 209 g/mol. The first-order valence-electron chi connectivity index (χ1n) is 5.29. The molecule has 1 heterocycles. The quantitative estimate of drug-likeness (QED) is 0.761. The van der Waals surface area contributed by atoms with Crippen molar-refractivity contribution < 1.29 is 4.74 Å². The number of hydrogen-bond acceptors (Lipinski definition) is 4. The lowest BCUT2D eigenvalue weighted by molar-refractivity contribution is 0.200. The monoisotopic (exact) mass is 209 g/mol. The maximum Gasteiger partial charge on any atom is 0.131 e. The Morgan fingerprint density at radius 2 is 2.20 bits per heavy atom. The van der Waals surface area contributed by atoms with Crippen LogP contribution in [0, 0.1) is 6.92 Å². The maximum atomic E-state index is 5.01. The smallest absolute Gasteiger partial charge is 0.131 e. The highest BCUT2D eigenvalue weighted by atomic mass is 16.5. The van der Waals surface area contributed by atoms with Crippen LogP contribution in [0.5, 0.6) is 0 Å². The summed E-state index contributed by atoms with van der Waals surface area (Å²) < 4.78 is 5.01. The molecule has 0 aliphatic carbocycles. The number of rotatable bonds is 6. The minimum Gasteiger partial charge on any atom is -0.384 e. The van der Waals surface area contributed by atoms with Crippen LogP contribution in [-0.4, -0.2) is 30.2 Å². The molecule has 4 nitrogen and oxygen atoms in total. The van der Waals surface area contributed by atoms with Gasteiger partial charge in [-0.05, 0) is 19.5 Å². The van der Waals surface area contributed by atoms with Gasteiger partial charge in [0.15, 0.2) is 0 Å². The van der Waals surface area contributed by atoms with Gasteiger partial charge in [-0.1, -0.05) is 6.92 Å². The third kappa shape index (κ3) is 4.36. The predicted molar refractivity (Wildman–Crippen MR) is 59.7 cm³/mol. The number of methoxy groups -OCH3 is 1. The highest BCUT2D eigenvalue weighted by molar-refractivity contribution is 5.10. The van der Waals surface area contributed by atoms with Gasteiger partial charge in [0.25, 0.3) is 0 Å². The fraction of sp³-hybridized carbons (Fsp3) is 0.636. The van der Waals surface area contributed by atoms with Crippen LogP contribution in [0.1, 0.15) is 24.1 Å². The Labute approximate surface area is 91.1 Å². The van der Waals surface area contributed by atoms with E-state index in [0.29, 0.717) is 6.61 Å². The van der Waals surface area contributed by atoms with Crippen LogP contribution in [0.15, 0.2) is 6.07 Å². The van der Waals surface area contributed by atoms with Crippen LogP contribution in [0.3, 0.4) is 0 Å². The molecule has 4 heteroatoms. The molecule has 0 aliphatic heterocycles. The molecule has 0 fully saturated rings. The molecule has 0 spiro atoms. The van der Waals surface area contributed by atoms with Crippen LogP contribution in [0.4, 0.5) is 0 Å². The fourth-order valence-corrected chi connectivity index (χ4v) is 1.35. The molecule has 1 rings (SSSR count). The summed E-state index contributed by atoms with van der Waals surface area (Å²) in [6.07, 6.45) is 0.775. The van der Waals surface area contributed by atoms with E-state index >= 15 is 0 Å². The Bertz CT molecular complexity index is 276. The lowest BCUT2D eigenvalue weighted by Crippen LogP contribution is -2.14. The first kappa shape index (κ1) is 12.1. The lowest BCUT2D eigenvalue weighted by atomic mass is 10.3. The molecule has 0 aromatic carbocycles. The van der Waals surface area contributed by atoms with Gasteiger partial charge < -0.3 is 10.1 Å². The molecule has 0 unspecified atom stereocenters. The van der Waals surface area contributed by atoms with Crippen molar-refractivity contribution in [2.24, 2.45) is 0 Å². The molecule has 0 atom stereocenters. The summed E-state index contributed by atoms with van der Waals surface area (Å²) in [6, 6.07) is 2.01. The van der Waals surface area contributed by atoms with Gasteiger partial charge in [-0.3, -0.25) is 0 Å². The van der Waals surface area contributed by atoms with Gasteiger partial charge >= 0.3 is 0 Å². The molecule has 1 N–H and O–H groups in total. The summed E-state index contributed by atoms with van der Waals surface area (Å²) in [7, 11) is 1.69. The largest absolute Gasteiger partial charge is 0.384 e. The van der Waals surface area contributed by atoms with Crippen LogP contribution in [0.25, 0.3) is 0 Å². The van der Waals surface area contributed by atoms with E-state index in [2.05, 4.69) is 22.2 Å². The molecule has 0 saturated carbocycles. The van der Waals surface area contributed by atoms with Gasteiger partial charge in [0.1, 0.15) is 5.82 Å². The zero-order valence-corrected chi connectivity index (χ0v) is 9.71. The lowest BCUT2D eigenvalue weighted by Gasteiger charge is -2.06. The molecule has 0 radical (unpaired) electrons. The summed E-state index contributed by atoms with van der Waals surface area (Å²) in [5.74, 6) is 0.866. The highest BCUT2D eigenvalue weighted by Gasteiger charge is 2.01. The maximum absolute atomic E-state index is 5.01. The predicted octanol–water partition coefficient (Wildman–Crippen LogP) is 1.08. The minimum atomic E-state index is 0.671. The Balaban J connectivity index is 2.66. The van der Waals surface area contributed by atoms with E-state index in [4.69, 9.17) is 4.74 Å². The molecule has 84 valence electrons. The highest BCUT2D eigenvalue weighted by Crippen LogP contribution is 2.01. The van der Waals surface area contributed by atoms with E-state index in [1.165, 1.54) is 0 Å². The number of aromatic nitrogens is 2. The molecular formula is C11H19N3O. The van der Waals surface area contributed by atoms with Crippen molar-refractivity contribution in [1.29, 1.82) is 0 Å². The van der Waals surface area contributed by atoms with Gasteiger partial charge in [-0.15, -0.1) is 0 Å². The average Bonchev–Trinajstić information content (AvgIpc) is 2.23. The van der Waals surface area contributed by atoms with Crippen LogP contribution in [-0.2, 0) is 17.7 Å². The van der Waals surface area contributed by atoms with Gasteiger partial charge in [0.2, 0.25) is 0 Å². The number of nitrogens with one attached hydrogen (secondary N) is 1.